The van der Waals surface area contributed by atoms with E-state index in [9.17, 15) is 14.4 Å². The van der Waals surface area contributed by atoms with Crippen molar-refractivity contribution in [2.24, 2.45) is 0 Å². The lowest BCUT2D eigenvalue weighted by Crippen LogP contribution is -2.40. The fourth-order valence-electron chi connectivity index (χ4n) is 3.43. The third-order valence-corrected chi connectivity index (χ3v) is 6.35. The minimum atomic E-state index is -0.291. The molecule has 8 nitrogen and oxygen atoms in total. The Kier molecular flexibility index (Phi) is 6.24. The van der Waals surface area contributed by atoms with Crippen LogP contribution in [0.5, 0.6) is 11.5 Å². The predicted molar refractivity (Wildman–Crippen MR) is 116 cm³/mol. The van der Waals surface area contributed by atoms with Gasteiger partial charge in [0.1, 0.15) is 10.9 Å². The van der Waals surface area contributed by atoms with Crippen LogP contribution in [0.2, 0.25) is 0 Å². The zero-order chi connectivity index (χ0) is 21.1. The predicted octanol–water partition coefficient (Wildman–Crippen LogP) is 1.75. The van der Waals surface area contributed by atoms with Crippen LogP contribution in [-0.2, 0) is 14.4 Å². The summed E-state index contributed by atoms with van der Waals surface area (Å²) in [6, 6.07) is 5.42. The van der Waals surface area contributed by atoms with Crippen LogP contribution < -0.4 is 14.8 Å². The van der Waals surface area contributed by atoms with Crippen LogP contribution in [0.15, 0.2) is 23.1 Å². The SMILES string of the molecule is O=C(CN1C(=O)/C(=C/c2ccc3c(c2)OCO3)SC1=S)NCCCN1CCCC1=O. The van der Waals surface area contributed by atoms with Crippen molar-refractivity contribution >= 4 is 52.1 Å². The zero-order valence-corrected chi connectivity index (χ0v) is 17.9. The molecular weight excluding hydrogens is 426 g/mol. The Hall–Kier alpha value is -2.59. The highest BCUT2D eigenvalue weighted by molar-refractivity contribution is 8.26. The molecular formula is C20H21N3O5S2. The van der Waals surface area contributed by atoms with E-state index >= 15 is 0 Å². The molecule has 0 radical (unpaired) electrons. The molecule has 10 heteroatoms. The molecule has 3 amide bonds. The monoisotopic (exact) mass is 447 g/mol. The number of rotatable bonds is 7. The van der Waals surface area contributed by atoms with Crippen LogP contribution in [0.3, 0.4) is 0 Å². The molecule has 30 heavy (non-hydrogen) atoms. The fraction of sp³-hybridized carbons (Fsp3) is 0.400. The number of benzene rings is 1. The van der Waals surface area contributed by atoms with E-state index in [0.717, 1.165) is 18.5 Å². The highest BCUT2D eigenvalue weighted by atomic mass is 32.2. The standard InChI is InChI=1S/C20H21N3O5S2/c24-17(21-6-2-8-22-7-1-3-18(22)25)11-23-19(26)16(30-20(23)29)10-13-4-5-14-15(9-13)28-12-27-14/h4-5,9-10H,1-3,6-8,11-12H2,(H,21,24)/b16-10-. The number of ether oxygens (including phenoxy) is 2. The van der Waals surface area contributed by atoms with Gasteiger partial charge in [-0.15, -0.1) is 0 Å². The van der Waals surface area contributed by atoms with Crippen molar-refractivity contribution in [3.8, 4) is 11.5 Å². The number of nitrogens with one attached hydrogen (secondary N) is 1. The summed E-state index contributed by atoms with van der Waals surface area (Å²) < 4.78 is 11.0. The molecule has 0 atom stereocenters. The lowest BCUT2D eigenvalue weighted by Gasteiger charge is -2.16. The Labute approximate surface area is 183 Å². The van der Waals surface area contributed by atoms with Gasteiger partial charge in [0.15, 0.2) is 11.5 Å². The molecule has 1 aromatic carbocycles. The first-order chi connectivity index (χ1) is 14.5. The fourth-order valence-corrected chi connectivity index (χ4v) is 4.68. The minimum Gasteiger partial charge on any atom is -0.454 e. The van der Waals surface area contributed by atoms with Crippen molar-refractivity contribution in [2.75, 3.05) is 33.0 Å². The molecule has 0 saturated carbocycles. The Morgan fingerprint density at radius 3 is 2.90 bits per heavy atom. The van der Waals surface area contributed by atoms with Gasteiger partial charge < -0.3 is 19.7 Å². The van der Waals surface area contributed by atoms with Gasteiger partial charge in [-0.2, -0.15) is 0 Å². The van der Waals surface area contributed by atoms with Crippen LogP contribution in [0.1, 0.15) is 24.8 Å². The lowest BCUT2D eigenvalue weighted by molar-refractivity contribution is -0.129. The summed E-state index contributed by atoms with van der Waals surface area (Å²) in [5, 5.41) is 2.79. The van der Waals surface area contributed by atoms with E-state index in [2.05, 4.69) is 5.32 Å². The minimum absolute atomic E-state index is 0.119. The number of likely N-dealkylation sites (tertiary alicyclic amines) is 1. The maximum Gasteiger partial charge on any atom is 0.266 e. The summed E-state index contributed by atoms with van der Waals surface area (Å²) in [5.41, 5.74) is 0.792. The molecule has 2 fully saturated rings. The van der Waals surface area contributed by atoms with Crippen molar-refractivity contribution in [3.05, 3.63) is 28.7 Å². The van der Waals surface area contributed by atoms with Crippen molar-refractivity contribution in [1.29, 1.82) is 0 Å². The van der Waals surface area contributed by atoms with Gasteiger partial charge in [-0.3, -0.25) is 19.3 Å². The maximum atomic E-state index is 12.7. The highest BCUT2D eigenvalue weighted by Crippen LogP contribution is 2.36. The Bertz CT molecular complexity index is 933. The van der Waals surface area contributed by atoms with Crippen LogP contribution in [-0.4, -0.2) is 64.8 Å². The van der Waals surface area contributed by atoms with Gasteiger partial charge in [0, 0.05) is 26.1 Å². The summed E-state index contributed by atoms with van der Waals surface area (Å²) >= 11 is 6.46. The van der Waals surface area contributed by atoms with E-state index in [0.29, 0.717) is 46.7 Å². The van der Waals surface area contributed by atoms with E-state index in [1.54, 1.807) is 18.2 Å². The largest absolute Gasteiger partial charge is 0.454 e. The number of fused-ring (bicyclic) bond motifs is 1. The summed E-state index contributed by atoms with van der Waals surface area (Å²) in [4.78, 5) is 40.1. The Balaban J connectivity index is 1.28. The molecule has 1 N–H and O–H groups in total. The third-order valence-electron chi connectivity index (χ3n) is 4.97. The maximum absolute atomic E-state index is 12.7. The third kappa shape index (κ3) is 4.59. The molecule has 3 aliphatic heterocycles. The van der Waals surface area contributed by atoms with E-state index in [1.807, 2.05) is 11.0 Å². The molecule has 0 unspecified atom stereocenters. The van der Waals surface area contributed by atoms with Gasteiger partial charge in [-0.05, 0) is 36.6 Å². The van der Waals surface area contributed by atoms with Gasteiger partial charge in [-0.25, -0.2) is 0 Å². The molecule has 1 aromatic rings. The molecule has 0 bridgehead atoms. The van der Waals surface area contributed by atoms with Crippen molar-refractivity contribution in [3.63, 3.8) is 0 Å². The Morgan fingerprint density at radius 1 is 1.27 bits per heavy atom. The average molecular weight is 448 g/mol. The summed E-state index contributed by atoms with van der Waals surface area (Å²) in [6.45, 7) is 1.94. The first-order valence-corrected chi connectivity index (χ1v) is 10.9. The second-order valence-corrected chi connectivity index (χ2v) is 8.74. The Morgan fingerprint density at radius 2 is 2.10 bits per heavy atom. The first-order valence-electron chi connectivity index (χ1n) is 9.71. The average Bonchev–Trinajstić information content (AvgIpc) is 3.42. The molecule has 0 aromatic heterocycles. The number of amides is 3. The molecule has 0 spiro atoms. The number of hydrogen-bond acceptors (Lipinski definition) is 7. The van der Waals surface area contributed by atoms with Crippen LogP contribution >= 0.6 is 24.0 Å². The number of nitrogens with zero attached hydrogens (tertiary/aromatic N) is 2. The van der Waals surface area contributed by atoms with Crippen LogP contribution in [0.25, 0.3) is 6.08 Å². The lowest BCUT2D eigenvalue weighted by atomic mass is 10.2. The molecule has 158 valence electrons. The molecule has 2 saturated heterocycles. The molecule has 4 rings (SSSR count). The van der Waals surface area contributed by atoms with E-state index < -0.39 is 0 Å². The van der Waals surface area contributed by atoms with E-state index in [4.69, 9.17) is 21.7 Å². The number of thiocarbonyl (C=S) groups is 1. The highest BCUT2D eigenvalue weighted by Gasteiger charge is 2.33. The van der Waals surface area contributed by atoms with Gasteiger partial charge in [0.25, 0.3) is 5.91 Å². The van der Waals surface area contributed by atoms with E-state index in [-0.39, 0.29) is 31.1 Å². The summed E-state index contributed by atoms with van der Waals surface area (Å²) in [6.07, 6.45) is 3.92. The summed E-state index contributed by atoms with van der Waals surface area (Å²) in [5.74, 6) is 0.914. The number of carbonyl (C=O) groups excluding carboxylic acids is 3. The summed E-state index contributed by atoms with van der Waals surface area (Å²) in [7, 11) is 0. The second kappa shape index (κ2) is 9.05. The number of thioether (sulfide) groups is 1. The molecule has 3 aliphatic rings. The van der Waals surface area contributed by atoms with Crippen molar-refractivity contribution in [2.45, 2.75) is 19.3 Å². The van der Waals surface area contributed by atoms with Crippen molar-refractivity contribution < 1.29 is 23.9 Å². The van der Waals surface area contributed by atoms with Crippen molar-refractivity contribution in [1.82, 2.24) is 15.1 Å². The molecule has 0 aliphatic carbocycles. The quantitative estimate of drug-likeness (QED) is 0.387. The van der Waals surface area contributed by atoms with Gasteiger partial charge in [0.05, 0.1) is 4.91 Å². The van der Waals surface area contributed by atoms with Crippen LogP contribution in [0.4, 0.5) is 0 Å². The van der Waals surface area contributed by atoms with Gasteiger partial charge >= 0.3 is 0 Å². The number of hydrogen-bond donors (Lipinski definition) is 1. The zero-order valence-electron chi connectivity index (χ0n) is 16.2. The normalized spacial score (nSPS) is 19.3. The van der Waals surface area contributed by atoms with Gasteiger partial charge in [0.2, 0.25) is 18.6 Å². The topological polar surface area (TPSA) is 88.2 Å². The van der Waals surface area contributed by atoms with Crippen LogP contribution in [0, 0.1) is 0 Å². The van der Waals surface area contributed by atoms with E-state index in [1.165, 1.54) is 16.7 Å². The second-order valence-electron chi connectivity index (χ2n) is 7.07. The number of carbonyl (C=O) groups is 3. The van der Waals surface area contributed by atoms with Gasteiger partial charge in [-0.1, -0.05) is 30.0 Å². The molecule has 3 heterocycles. The first kappa shape index (κ1) is 20.7. The smallest absolute Gasteiger partial charge is 0.266 e.